The van der Waals surface area contributed by atoms with Gasteiger partial charge in [-0.3, -0.25) is 4.90 Å². The largest absolute Gasteiger partial charge is 0.395 e. The predicted molar refractivity (Wildman–Crippen MR) is 88.2 cm³/mol. The van der Waals surface area contributed by atoms with Crippen LogP contribution >= 0.6 is 0 Å². The average molecular weight is 290 g/mol. The smallest absolute Gasteiger partial charge is 0.0558 e. The van der Waals surface area contributed by atoms with Crippen LogP contribution in [0.4, 0.5) is 0 Å². The van der Waals surface area contributed by atoms with Gasteiger partial charge in [0.05, 0.1) is 6.61 Å². The first-order valence-electron chi connectivity index (χ1n) is 8.44. The molecule has 2 N–H and O–H groups in total. The Labute approximate surface area is 129 Å². The Morgan fingerprint density at radius 3 is 2.67 bits per heavy atom. The lowest BCUT2D eigenvalue weighted by atomic mass is 9.84. The summed E-state index contributed by atoms with van der Waals surface area (Å²) in [5, 5.41) is 13.0. The Kier molecular flexibility index (Phi) is 7.20. The molecule has 1 fully saturated rings. The fourth-order valence-corrected chi connectivity index (χ4v) is 3.51. The van der Waals surface area contributed by atoms with Crippen LogP contribution in [-0.2, 0) is 6.54 Å². The molecule has 0 saturated heterocycles. The van der Waals surface area contributed by atoms with Gasteiger partial charge in [-0.2, -0.15) is 0 Å². The second-order valence-electron chi connectivity index (χ2n) is 6.15. The van der Waals surface area contributed by atoms with Crippen molar-refractivity contribution in [2.45, 2.75) is 45.2 Å². The molecule has 1 aliphatic carbocycles. The second kappa shape index (κ2) is 9.19. The van der Waals surface area contributed by atoms with Gasteiger partial charge in [0.25, 0.3) is 0 Å². The highest BCUT2D eigenvalue weighted by Crippen LogP contribution is 2.25. The van der Waals surface area contributed by atoms with Crippen LogP contribution in [0, 0.1) is 5.92 Å². The number of benzene rings is 1. The molecule has 3 nitrogen and oxygen atoms in total. The Morgan fingerprint density at radius 2 is 1.95 bits per heavy atom. The molecule has 1 saturated carbocycles. The number of hydrogen-bond acceptors (Lipinski definition) is 3. The molecule has 1 aliphatic rings. The molecule has 2 unspecified atom stereocenters. The SMILES string of the molecule is CCNC1CCCCC1CN(CCO)Cc1ccccc1. The molecule has 118 valence electrons. The third kappa shape index (κ3) is 5.42. The van der Waals surface area contributed by atoms with Crippen LogP contribution in [0.25, 0.3) is 0 Å². The predicted octanol–water partition coefficient (Wildman–Crippen LogP) is 2.65. The zero-order chi connectivity index (χ0) is 14.9. The van der Waals surface area contributed by atoms with Crippen LogP contribution in [0.1, 0.15) is 38.2 Å². The van der Waals surface area contributed by atoms with Crippen LogP contribution in [0.2, 0.25) is 0 Å². The number of nitrogens with one attached hydrogen (secondary N) is 1. The van der Waals surface area contributed by atoms with Crippen molar-refractivity contribution >= 4 is 0 Å². The van der Waals surface area contributed by atoms with E-state index in [9.17, 15) is 5.11 Å². The van der Waals surface area contributed by atoms with E-state index in [1.165, 1.54) is 31.2 Å². The quantitative estimate of drug-likeness (QED) is 0.772. The summed E-state index contributed by atoms with van der Waals surface area (Å²) in [6.07, 6.45) is 5.32. The van der Waals surface area contributed by atoms with Crippen molar-refractivity contribution < 1.29 is 5.11 Å². The van der Waals surface area contributed by atoms with E-state index in [4.69, 9.17) is 0 Å². The van der Waals surface area contributed by atoms with Gasteiger partial charge in [-0.05, 0) is 30.9 Å². The molecule has 2 atom stereocenters. The van der Waals surface area contributed by atoms with Crippen molar-refractivity contribution in [2.24, 2.45) is 5.92 Å². The molecule has 1 aromatic rings. The van der Waals surface area contributed by atoms with Crippen LogP contribution in [0.3, 0.4) is 0 Å². The van der Waals surface area contributed by atoms with E-state index in [-0.39, 0.29) is 6.61 Å². The van der Waals surface area contributed by atoms with Gasteiger partial charge in [-0.15, -0.1) is 0 Å². The van der Waals surface area contributed by atoms with E-state index in [0.29, 0.717) is 12.0 Å². The molecule has 0 amide bonds. The minimum atomic E-state index is 0.241. The summed E-state index contributed by atoms with van der Waals surface area (Å²) in [6.45, 7) is 6.29. The maximum absolute atomic E-state index is 9.36. The summed E-state index contributed by atoms with van der Waals surface area (Å²) in [4.78, 5) is 2.41. The lowest BCUT2D eigenvalue weighted by Crippen LogP contribution is -2.44. The number of hydrogen-bond donors (Lipinski definition) is 2. The first-order chi connectivity index (χ1) is 10.3. The Morgan fingerprint density at radius 1 is 1.19 bits per heavy atom. The minimum Gasteiger partial charge on any atom is -0.395 e. The number of rotatable bonds is 8. The molecule has 0 aromatic heterocycles. The fraction of sp³-hybridized carbons (Fsp3) is 0.667. The summed E-state index contributed by atoms with van der Waals surface area (Å²) in [5.41, 5.74) is 1.33. The third-order valence-corrected chi connectivity index (χ3v) is 4.53. The number of nitrogens with zero attached hydrogens (tertiary/aromatic N) is 1. The Bertz CT molecular complexity index is 380. The third-order valence-electron chi connectivity index (χ3n) is 4.53. The van der Waals surface area contributed by atoms with Crippen LogP contribution in [-0.4, -0.2) is 42.3 Å². The maximum atomic E-state index is 9.36. The van der Waals surface area contributed by atoms with Gasteiger partial charge < -0.3 is 10.4 Å². The number of aliphatic hydroxyl groups is 1. The van der Waals surface area contributed by atoms with Crippen LogP contribution in [0.5, 0.6) is 0 Å². The lowest BCUT2D eigenvalue weighted by molar-refractivity contribution is 0.136. The molecule has 0 spiro atoms. The Hall–Kier alpha value is -0.900. The van der Waals surface area contributed by atoms with E-state index >= 15 is 0 Å². The molecule has 3 heteroatoms. The monoisotopic (exact) mass is 290 g/mol. The average Bonchev–Trinajstić information content (AvgIpc) is 2.51. The van der Waals surface area contributed by atoms with Gasteiger partial charge in [-0.1, -0.05) is 50.1 Å². The summed E-state index contributed by atoms with van der Waals surface area (Å²) in [6, 6.07) is 11.2. The van der Waals surface area contributed by atoms with Crippen molar-refractivity contribution in [3.05, 3.63) is 35.9 Å². The summed E-state index contributed by atoms with van der Waals surface area (Å²) >= 11 is 0. The fourth-order valence-electron chi connectivity index (χ4n) is 3.51. The highest BCUT2D eigenvalue weighted by Gasteiger charge is 2.26. The first kappa shape index (κ1) is 16.5. The van der Waals surface area contributed by atoms with Crippen molar-refractivity contribution in [1.29, 1.82) is 0 Å². The highest BCUT2D eigenvalue weighted by molar-refractivity contribution is 5.14. The zero-order valence-corrected chi connectivity index (χ0v) is 13.3. The van der Waals surface area contributed by atoms with Gasteiger partial charge in [0.2, 0.25) is 0 Å². The summed E-state index contributed by atoms with van der Waals surface area (Å²) in [7, 11) is 0. The zero-order valence-electron chi connectivity index (χ0n) is 13.3. The highest BCUT2D eigenvalue weighted by atomic mass is 16.3. The van der Waals surface area contributed by atoms with Crippen molar-refractivity contribution in [1.82, 2.24) is 10.2 Å². The van der Waals surface area contributed by atoms with Crippen molar-refractivity contribution in [3.63, 3.8) is 0 Å². The Balaban J connectivity index is 1.94. The molecular formula is C18H30N2O. The van der Waals surface area contributed by atoms with E-state index in [0.717, 1.165) is 26.2 Å². The van der Waals surface area contributed by atoms with Gasteiger partial charge in [0, 0.05) is 25.7 Å². The van der Waals surface area contributed by atoms with E-state index in [2.05, 4.69) is 47.5 Å². The molecular weight excluding hydrogens is 260 g/mol. The van der Waals surface area contributed by atoms with Crippen molar-refractivity contribution in [3.8, 4) is 0 Å². The van der Waals surface area contributed by atoms with E-state index < -0.39 is 0 Å². The summed E-state index contributed by atoms with van der Waals surface area (Å²) < 4.78 is 0. The second-order valence-corrected chi connectivity index (χ2v) is 6.15. The number of aliphatic hydroxyl groups excluding tert-OH is 1. The minimum absolute atomic E-state index is 0.241. The molecule has 0 radical (unpaired) electrons. The maximum Gasteiger partial charge on any atom is 0.0558 e. The molecule has 0 heterocycles. The van der Waals surface area contributed by atoms with Crippen LogP contribution in [0.15, 0.2) is 30.3 Å². The van der Waals surface area contributed by atoms with E-state index in [1.807, 2.05) is 0 Å². The molecule has 0 aliphatic heterocycles. The first-order valence-corrected chi connectivity index (χ1v) is 8.44. The standard InChI is InChI=1S/C18H30N2O/c1-2-19-18-11-7-6-10-17(18)15-20(12-13-21)14-16-8-4-3-5-9-16/h3-5,8-9,17-19,21H,2,6-7,10-15H2,1H3. The topological polar surface area (TPSA) is 35.5 Å². The normalized spacial score (nSPS) is 22.6. The van der Waals surface area contributed by atoms with Gasteiger partial charge in [0.1, 0.15) is 0 Å². The lowest BCUT2D eigenvalue weighted by Gasteiger charge is -2.36. The van der Waals surface area contributed by atoms with Crippen LogP contribution < -0.4 is 5.32 Å². The molecule has 1 aromatic carbocycles. The molecule has 0 bridgehead atoms. The van der Waals surface area contributed by atoms with Crippen molar-refractivity contribution in [2.75, 3.05) is 26.2 Å². The van der Waals surface area contributed by atoms with Gasteiger partial charge in [0.15, 0.2) is 0 Å². The molecule has 2 rings (SSSR count). The van der Waals surface area contributed by atoms with Gasteiger partial charge >= 0.3 is 0 Å². The summed E-state index contributed by atoms with van der Waals surface area (Å²) in [5.74, 6) is 0.717. The van der Waals surface area contributed by atoms with Gasteiger partial charge in [-0.25, -0.2) is 0 Å². The van der Waals surface area contributed by atoms with E-state index in [1.54, 1.807) is 0 Å². The molecule has 21 heavy (non-hydrogen) atoms.